The lowest BCUT2D eigenvalue weighted by Crippen LogP contribution is -2.44. The van der Waals surface area contributed by atoms with Gasteiger partial charge < -0.3 is 14.6 Å². The SMILES string of the molecule is CB(O)N1C(=O)OC2C=CCC21. The van der Waals surface area contributed by atoms with E-state index in [0.29, 0.717) is 0 Å². The van der Waals surface area contributed by atoms with E-state index in [0.717, 1.165) is 6.42 Å². The van der Waals surface area contributed by atoms with Gasteiger partial charge in [-0.25, -0.2) is 4.79 Å². The van der Waals surface area contributed by atoms with Crippen molar-refractivity contribution in [3.05, 3.63) is 12.2 Å². The molecule has 0 radical (unpaired) electrons. The van der Waals surface area contributed by atoms with E-state index >= 15 is 0 Å². The summed E-state index contributed by atoms with van der Waals surface area (Å²) in [5.74, 6) is 0. The number of fused-ring (bicyclic) bond motifs is 1. The second-order valence-electron chi connectivity index (χ2n) is 3.12. The molecular weight excluding hydrogens is 157 g/mol. The highest BCUT2D eigenvalue weighted by Gasteiger charge is 2.44. The zero-order valence-electron chi connectivity index (χ0n) is 6.80. The Balaban J connectivity index is 2.19. The summed E-state index contributed by atoms with van der Waals surface area (Å²) < 4.78 is 5.00. The predicted molar refractivity (Wildman–Crippen MR) is 43.5 cm³/mol. The molecule has 1 aliphatic carbocycles. The largest absolute Gasteiger partial charge is 0.440 e. The molecular formula is C7H10BNO3. The molecule has 0 aromatic carbocycles. The topological polar surface area (TPSA) is 49.8 Å². The van der Waals surface area contributed by atoms with Gasteiger partial charge in [-0.15, -0.1) is 0 Å². The lowest BCUT2D eigenvalue weighted by Gasteiger charge is -2.20. The van der Waals surface area contributed by atoms with Crippen molar-refractivity contribution in [1.82, 2.24) is 4.81 Å². The van der Waals surface area contributed by atoms with E-state index in [9.17, 15) is 9.82 Å². The summed E-state index contributed by atoms with van der Waals surface area (Å²) in [7, 11) is -0.757. The Kier molecular flexibility index (Phi) is 1.61. The third-order valence-corrected chi connectivity index (χ3v) is 2.29. The first kappa shape index (κ1) is 7.67. The van der Waals surface area contributed by atoms with Gasteiger partial charge in [0.15, 0.2) is 0 Å². The van der Waals surface area contributed by atoms with Crippen LogP contribution in [0.2, 0.25) is 6.82 Å². The van der Waals surface area contributed by atoms with Gasteiger partial charge in [0.1, 0.15) is 6.10 Å². The lowest BCUT2D eigenvalue weighted by atomic mass is 9.83. The third-order valence-electron chi connectivity index (χ3n) is 2.29. The summed E-state index contributed by atoms with van der Waals surface area (Å²) in [6.07, 6.45) is 4.06. The maximum absolute atomic E-state index is 11.1. The molecule has 2 atom stereocenters. The van der Waals surface area contributed by atoms with Gasteiger partial charge in [0, 0.05) is 0 Å². The van der Waals surface area contributed by atoms with Crippen LogP contribution < -0.4 is 0 Å². The first-order valence-electron chi connectivity index (χ1n) is 4.04. The monoisotopic (exact) mass is 167 g/mol. The average molecular weight is 167 g/mol. The smallest absolute Gasteiger partial charge is 0.414 e. The van der Waals surface area contributed by atoms with Gasteiger partial charge in [0.2, 0.25) is 0 Å². The van der Waals surface area contributed by atoms with Crippen molar-refractivity contribution < 1.29 is 14.6 Å². The molecule has 2 aliphatic rings. The van der Waals surface area contributed by atoms with Crippen LogP contribution in [0.15, 0.2) is 12.2 Å². The molecule has 1 N–H and O–H groups in total. The number of carbonyl (C=O) groups is 1. The van der Waals surface area contributed by atoms with Gasteiger partial charge in [-0.1, -0.05) is 6.08 Å². The number of nitrogens with zero attached hydrogens (tertiary/aromatic N) is 1. The van der Waals surface area contributed by atoms with Crippen molar-refractivity contribution in [3.63, 3.8) is 0 Å². The van der Waals surface area contributed by atoms with Crippen molar-refractivity contribution in [2.45, 2.75) is 25.4 Å². The van der Waals surface area contributed by atoms with Crippen LogP contribution in [0.5, 0.6) is 0 Å². The van der Waals surface area contributed by atoms with Crippen molar-refractivity contribution in [2.75, 3.05) is 0 Å². The highest BCUT2D eigenvalue weighted by atomic mass is 16.6. The fraction of sp³-hybridized carbons (Fsp3) is 0.571. The minimum Gasteiger partial charge on any atom is -0.440 e. The highest BCUT2D eigenvalue weighted by molar-refractivity contribution is 6.49. The van der Waals surface area contributed by atoms with E-state index in [1.807, 2.05) is 12.2 Å². The Morgan fingerprint density at radius 1 is 1.83 bits per heavy atom. The quantitative estimate of drug-likeness (QED) is 0.449. The van der Waals surface area contributed by atoms with Crippen LogP contribution in [-0.2, 0) is 4.74 Å². The van der Waals surface area contributed by atoms with Crippen LogP contribution in [0.1, 0.15) is 6.42 Å². The summed E-state index contributed by atoms with van der Waals surface area (Å²) in [5.41, 5.74) is 0. The molecule has 2 unspecified atom stereocenters. The second kappa shape index (κ2) is 2.52. The van der Waals surface area contributed by atoms with Gasteiger partial charge in [0.25, 0.3) is 0 Å². The Hall–Kier alpha value is -0.965. The number of hydrogen-bond acceptors (Lipinski definition) is 3. The molecule has 1 heterocycles. The Morgan fingerprint density at radius 3 is 3.25 bits per heavy atom. The standard InChI is InChI=1S/C7H10BNO3/c1-8(11)9-5-3-2-4-6(5)12-7(9)10/h2,4-6,11H,3H2,1H3. The van der Waals surface area contributed by atoms with Crippen molar-refractivity contribution in [1.29, 1.82) is 0 Å². The van der Waals surface area contributed by atoms with E-state index in [1.165, 1.54) is 4.81 Å². The molecule has 1 amide bonds. The first-order valence-corrected chi connectivity index (χ1v) is 4.04. The summed E-state index contributed by atoms with van der Waals surface area (Å²) >= 11 is 0. The van der Waals surface area contributed by atoms with Crippen LogP contribution in [0.25, 0.3) is 0 Å². The Bertz CT molecular complexity index is 241. The van der Waals surface area contributed by atoms with E-state index < -0.39 is 13.1 Å². The lowest BCUT2D eigenvalue weighted by molar-refractivity contribution is 0.151. The van der Waals surface area contributed by atoms with Crippen LogP contribution >= 0.6 is 0 Å². The first-order chi connectivity index (χ1) is 5.70. The van der Waals surface area contributed by atoms with Crippen LogP contribution in [0, 0.1) is 0 Å². The molecule has 2 rings (SSSR count). The van der Waals surface area contributed by atoms with Crippen molar-refractivity contribution in [2.24, 2.45) is 0 Å². The summed E-state index contributed by atoms with van der Waals surface area (Å²) in [6, 6.07) is 0.0116. The molecule has 5 heteroatoms. The minimum atomic E-state index is -0.757. The van der Waals surface area contributed by atoms with Crippen molar-refractivity contribution in [3.8, 4) is 0 Å². The molecule has 0 bridgehead atoms. The van der Waals surface area contributed by atoms with Gasteiger partial charge in [-0.3, -0.25) is 0 Å². The number of carbonyl (C=O) groups excluding carboxylic acids is 1. The maximum Gasteiger partial charge on any atom is 0.414 e. The van der Waals surface area contributed by atoms with E-state index in [1.54, 1.807) is 6.82 Å². The maximum atomic E-state index is 11.1. The van der Waals surface area contributed by atoms with E-state index in [2.05, 4.69) is 0 Å². The molecule has 0 saturated carbocycles. The molecule has 4 nitrogen and oxygen atoms in total. The fourth-order valence-corrected chi connectivity index (χ4v) is 1.75. The highest BCUT2D eigenvalue weighted by Crippen LogP contribution is 2.28. The molecule has 64 valence electrons. The summed E-state index contributed by atoms with van der Waals surface area (Å²) in [6.45, 7) is 1.57. The zero-order chi connectivity index (χ0) is 8.72. The third kappa shape index (κ3) is 0.931. The number of hydrogen-bond donors (Lipinski definition) is 1. The number of ether oxygens (including phenoxy) is 1. The van der Waals surface area contributed by atoms with E-state index in [4.69, 9.17) is 4.74 Å². The molecule has 1 fully saturated rings. The average Bonchev–Trinajstić information content (AvgIpc) is 2.44. The number of rotatable bonds is 1. The molecule has 12 heavy (non-hydrogen) atoms. The fourth-order valence-electron chi connectivity index (χ4n) is 1.75. The Labute approximate surface area is 70.9 Å². The van der Waals surface area contributed by atoms with Crippen LogP contribution in [-0.4, -0.2) is 35.1 Å². The van der Waals surface area contributed by atoms with Crippen LogP contribution in [0.3, 0.4) is 0 Å². The Morgan fingerprint density at radius 2 is 2.58 bits per heavy atom. The summed E-state index contributed by atoms with van der Waals surface area (Å²) in [4.78, 5) is 12.5. The molecule has 1 saturated heterocycles. The predicted octanol–water partition coefficient (Wildman–Crippen LogP) is 0.246. The van der Waals surface area contributed by atoms with Crippen LogP contribution in [0.4, 0.5) is 4.79 Å². The summed E-state index contributed by atoms with van der Waals surface area (Å²) in [5, 5.41) is 9.27. The molecule has 0 aromatic heterocycles. The minimum absolute atomic E-state index is 0.0116. The molecule has 1 aliphatic heterocycles. The van der Waals surface area contributed by atoms with Gasteiger partial charge in [0.05, 0.1) is 6.04 Å². The second-order valence-corrected chi connectivity index (χ2v) is 3.12. The van der Waals surface area contributed by atoms with Gasteiger partial charge >= 0.3 is 13.1 Å². The van der Waals surface area contributed by atoms with Gasteiger partial charge in [-0.2, -0.15) is 0 Å². The van der Waals surface area contributed by atoms with Crippen molar-refractivity contribution >= 4 is 13.1 Å². The van der Waals surface area contributed by atoms with E-state index in [-0.39, 0.29) is 12.1 Å². The number of amides is 1. The normalized spacial score (nSPS) is 32.2. The molecule has 0 spiro atoms. The zero-order valence-corrected chi connectivity index (χ0v) is 6.80. The van der Waals surface area contributed by atoms with Gasteiger partial charge in [-0.05, 0) is 19.3 Å². The molecule has 0 aromatic rings.